The first-order valence-electron chi connectivity index (χ1n) is 9.39. The highest BCUT2D eigenvalue weighted by Gasteiger charge is 2.27. The second-order valence-electron chi connectivity index (χ2n) is 6.83. The fraction of sp³-hybridized carbons (Fsp3) is 0.500. The topological polar surface area (TPSA) is 67.5 Å². The molecule has 0 saturated carbocycles. The van der Waals surface area contributed by atoms with Gasteiger partial charge in [0.2, 0.25) is 5.91 Å². The standard InChI is InChI=1S/C20H27N3O3/c1-22-13-6-9-16(22)17-8-3-2-4-14-23(17)19(24)11-5-12-21-20(25)18-10-7-15-26-18/h6-7,9-10,13,15,17H,2-5,8,11-12,14H2,1H3,(H,21,25)/t17-/m0/s1. The highest BCUT2D eigenvalue weighted by molar-refractivity contribution is 5.91. The Hall–Kier alpha value is -2.50. The van der Waals surface area contributed by atoms with Gasteiger partial charge in [-0.1, -0.05) is 12.8 Å². The summed E-state index contributed by atoms with van der Waals surface area (Å²) in [6.07, 6.45) is 8.97. The number of aromatic nitrogens is 1. The number of hydrogen-bond acceptors (Lipinski definition) is 3. The number of hydrogen-bond donors (Lipinski definition) is 1. The van der Waals surface area contributed by atoms with Crippen LogP contribution in [0.25, 0.3) is 0 Å². The molecule has 6 nitrogen and oxygen atoms in total. The first-order chi connectivity index (χ1) is 12.7. The van der Waals surface area contributed by atoms with E-state index in [1.165, 1.54) is 18.4 Å². The lowest BCUT2D eigenvalue weighted by atomic mass is 10.1. The number of nitrogens with one attached hydrogen (secondary N) is 1. The Morgan fingerprint density at radius 3 is 2.85 bits per heavy atom. The number of furan rings is 1. The molecule has 0 spiro atoms. The van der Waals surface area contributed by atoms with Crippen LogP contribution in [-0.4, -0.2) is 34.4 Å². The summed E-state index contributed by atoms with van der Waals surface area (Å²) < 4.78 is 7.17. The summed E-state index contributed by atoms with van der Waals surface area (Å²) in [5.41, 5.74) is 1.20. The number of nitrogens with zero attached hydrogens (tertiary/aromatic N) is 2. The van der Waals surface area contributed by atoms with Crippen LogP contribution >= 0.6 is 0 Å². The molecule has 3 rings (SSSR count). The molecule has 1 N–H and O–H groups in total. The van der Waals surface area contributed by atoms with Gasteiger partial charge in [0.05, 0.1) is 12.3 Å². The van der Waals surface area contributed by atoms with Crippen LogP contribution in [0, 0.1) is 0 Å². The van der Waals surface area contributed by atoms with Gasteiger partial charge < -0.3 is 19.2 Å². The van der Waals surface area contributed by atoms with Gasteiger partial charge in [0.1, 0.15) is 0 Å². The van der Waals surface area contributed by atoms with E-state index in [4.69, 9.17) is 4.42 Å². The Morgan fingerprint density at radius 2 is 2.12 bits per heavy atom. The normalized spacial score (nSPS) is 17.7. The number of amides is 2. The maximum absolute atomic E-state index is 12.8. The summed E-state index contributed by atoms with van der Waals surface area (Å²) in [4.78, 5) is 26.7. The van der Waals surface area contributed by atoms with Gasteiger partial charge in [0.25, 0.3) is 5.91 Å². The third-order valence-electron chi connectivity index (χ3n) is 5.00. The van der Waals surface area contributed by atoms with Gasteiger partial charge in [0, 0.05) is 38.4 Å². The number of rotatable bonds is 6. The number of likely N-dealkylation sites (tertiary alicyclic amines) is 1. The van der Waals surface area contributed by atoms with Crippen molar-refractivity contribution in [3.63, 3.8) is 0 Å². The first kappa shape index (κ1) is 18.3. The molecule has 0 radical (unpaired) electrons. The summed E-state index contributed by atoms with van der Waals surface area (Å²) in [6, 6.07) is 7.61. The zero-order chi connectivity index (χ0) is 18.4. The van der Waals surface area contributed by atoms with Gasteiger partial charge in [-0.15, -0.1) is 0 Å². The molecule has 0 bridgehead atoms. The van der Waals surface area contributed by atoms with E-state index in [0.29, 0.717) is 25.1 Å². The zero-order valence-corrected chi connectivity index (χ0v) is 15.3. The van der Waals surface area contributed by atoms with Crippen LogP contribution in [0.15, 0.2) is 41.1 Å². The van der Waals surface area contributed by atoms with E-state index in [9.17, 15) is 9.59 Å². The molecule has 1 atom stereocenters. The highest BCUT2D eigenvalue weighted by Crippen LogP contribution is 2.30. The van der Waals surface area contributed by atoms with Crippen molar-refractivity contribution in [1.82, 2.24) is 14.8 Å². The molecule has 0 aliphatic carbocycles. The summed E-state index contributed by atoms with van der Waals surface area (Å²) in [5.74, 6) is 0.233. The molecular weight excluding hydrogens is 330 g/mol. The van der Waals surface area contributed by atoms with E-state index in [2.05, 4.69) is 16.0 Å². The van der Waals surface area contributed by atoms with Crippen LogP contribution in [0.5, 0.6) is 0 Å². The summed E-state index contributed by atoms with van der Waals surface area (Å²) >= 11 is 0. The molecule has 1 aliphatic heterocycles. The van der Waals surface area contributed by atoms with E-state index in [0.717, 1.165) is 25.8 Å². The molecule has 140 valence electrons. The molecule has 1 fully saturated rings. The molecule has 2 amide bonds. The Morgan fingerprint density at radius 1 is 1.23 bits per heavy atom. The largest absolute Gasteiger partial charge is 0.459 e. The van der Waals surface area contributed by atoms with Crippen molar-refractivity contribution in [2.24, 2.45) is 7.05 Å². The minimum absolute atomic E-state index is 0.155. The van der Waals surface area contributed by atoms with E-state index in [1.807, 2.05) is 24.2 Å². The SMILES string of the molecule is Cn1cccc1[C@@H]1CCCCCN1C(=O)CCCNC(=O)c1ccco1. The molecular formula is C20H27N3O3. The maximum atomic E-state index is 12.8. The molecule has 0 unspecified atom stereocenters. The van der Waals surface area contributed by atoms with Crippen LogP contribution in [-0.2, 0) is 11.8 Å². The van der Waals surface area contributed by atoms with Crippen LogP contribution < -0.4 is 5.32 Å². The van der Waals surface area contributed by atoms with Crippen molar-refractivity contribution in [2.45, 2.75) is 44.6 Å². The average molecular weight is 357 g/mol. The quantitative estimate of drug-likeness (QED) is 0.807. The number of carbonyl (C=O) groups is 2. The summed E-state index contributed by atoms with van der Waals surface area (Å²) in [6.45, 7) is 1.28. The predicted molar refractivity (Wildman–Crippen MR) is 98.6 cm³/mol. The Labute approximate surface area is 154 Å². The van der Waals surface area contributed by atoms with Crippen LogP contribution in [0.2, 0.25) is 0 Å². The van der Waals surface area contributed by atoms with Crippen LogP contribution in [0.4, 0.5) is 0 Å². The zero-order valence-electron chi connectivity index (χ0n) is 15.3. The fourth-order valence-corrected chi connectivity index (χ4v) is 3.61. The molecule has 2 aromatic heterocycles. The lowest BCUT2D eigenvalue weighted by Gasteiger charge is -2.31. The van der Waals surface area contributed by atoms with Crippen molar-refractivity contribution >= 4 is 11.8 Å². The molecule has 3 heterocycles. The summed E-state index contributed by atoms with van der Waals surface area (Å²) in [5, 5.41) is 2.80. The maximum Gasteiger partial charge on any atom is 0.286 e. The minimum atomic E-state index is -0.237. The van der Waals surface area contributed by atoms with Crippen LogP contribution in [0.3, 0.4) is 0 Å². The van der Waals surface area contributed by atoms with Crippen molar-refractivity contribution in [3.05, 3.63) is 48.2 Å². The van der Waals surface area contributed by atoms with E-state index in [1.54, 1.807) is 12.1 Å². The van der Waals surface area contributed by atoms with Gasteiger partial charge in [-0.2, -0.15) is 0 Å². The first-order valence-corrected chi connectivity index (χ1v) is 9.39. The van der Waals surface area contributed by atoms with Gasteiger partial charge in [-0.3, -0.25) is 9.59 Å². The Kier molecular flexibility index (Phi) is 6.15. The van der Waals surface area contributed by atoms with Crippen LogP contribution in [0.1, 0.15) is 60.8 Å². The third-order valence-corrected chi connectivity index (χ3v) is 5.00. The Bertz CT molecular complexity index is 721. The lowest BCUT2D eigenvalue weighted by molar-refractivity contribution is -0.133. The van der Waals surface area contributed by atoms with Crippen molar-refractivity contribution in [3.8, 4) is 0 Å². The van der Waals surface area contributed by atoms with Crippen molar-refractivity contribution in [1.29, 1.82) is 0 Å². The third kappa shape index (κ3) is 4.36. The number of aryl methyl sites for hydroxylation is 1. The predicted octanol–water partition coefficient (Wildman–Crippen LogP) is 3.27. The monoisotopic (exact) mass is 357 g/mol. The van der Waals surface area contributed by atoms with Gasteiger partial charge >= 0.3 is 0 Å². The Balaban J connectivity index is 1.53. The summed E-state index contributed by atoms with van der Waals surface area (Å²) in [7, 11) is 2.03. The average Bonchev–Trinajstić information content (AvgIpc) is 3.25. The smallest absolute Gasteiger partial charge is 0.286 e. The molecule has 1 aliphatic rings. The highest BCUT2D eigenvalue weighted by atomic mass is 16.3. The number of carbonyl (C=O) groups excluding carboxylic acids is 2. The van der Waals surface area contributed by atoms with Gasteiger partial charge in [0.15, 0.2) is 5.76 Å². The van der Waals surface area contributed by atoms with Crippen molar-refractivity contribution in [2.75, 3.05) is 13.1 Å². The molecule has 26 heavy (non-hydrogen) atoms. The molecule has 2 aromatic rings. The van der Waals surface area contributed by atoms with E-state index < -0.39 is 0 Å². The minimum Gasteiger partial charge on any atom is -0.459 e. The fourth-order valence-electron chi connectivity index (χ4n) is 3.61. The van der Waals surface area contributed by atoms with Gasteiger partial charge in [-0.05, 0) is 43.5 Å². The van der Waals surface area contributed by atoms with E-state index in [-0.39, 0.29) is 17.9 Å². The lowest BCUT2D eigenvalue weighted by Crippen LogP contribution is -2.36. The molecule has 0 aromatic carbocycles. The second-order valence-corrected chi connectivity index (χ2v) is 6.83. The van der Waals surface area contributed by atoms with Gasteiger partial charge in [-0.25, -0.2) is 0 Å². The molecule has 6 heteroatoms. The second kappa shape index (κ2) is 8.74. The van der Waals surface area contributed by atoms with E-state index >= 15 is 0 Å². The molecule has 1 saturated heterocycles. The van der Waals surface area contributed by atoms with Crippen molar-refractivity contribution < 1.29 is 14.0 Å².